The van der Waals surface area contributed by atoms with Crippen LogP contribution in [0.4, 0.5) is 0 Å². The van der Waals surface area contributed by atoms with E-state index >= 15 is 0 Å². The summed E-state index contributed by atoms with van der Waals surface area (Å²) in [5.41, 5.74) is 3.58. The topological polar surface area (TPSA) is 52.6 Å². The molecule has 0 unspecified atom stereocenters. The molecule has 0 heterocycles. The number of halogens is 1. The van der Waals surface area contributed by atoms with Gasteiger partial charge in [-0.1, -0.05) is 49.2 Å². The average Bonchev–Trinajstić information content (AvgIpc) is 2.62. The predicted molar refractivity (Wildman–Crippen MR) is 102 cm³/mol. The maximum Gasteiger partial charge on any atom is 0.337 e. The molecule has 0 spiro atoms. The highest BCUT2D eigenvalue weighted by Crippen LogP contribution is 2.46. The fraction of sp³-hybridized carbons (Fsp3) is 0.316. The minimum Gasteiger partial charge on any atom is -0.312 e. The maximum absolute atomic E-state index is 12.5. The van der Waals surface area contributed by atoms with Crippen molar-refractivity contribution in [3.8, 4) is 11.1 Å². The lowest BCUT2D eigenvalue weighted by molar-refractivity contribution is 0.101. The largest absolute Gasteiger partial charge is 0.337 e. The minimum absolute atomic E-state index is 0.278. The van der Waals surface area contributed by atoms with Crippen LogP contribution in [-0.4, -0.2) is 26.2 Å². The SMILES string of the molecule is CCCc1cc(Cl)ccc1-c1cccc(C(=O)CP(=O)(OC)OC)c1. The zero-order valence-corrected chi connectivity index (χ0v) is 16.3. The molecule has 6 heteroatoms. The number of ketones is 1. The number of hydrogen-bond donors (Lipinski definition) is 0. The molecular formula is C19H22ClO4P. The summed E-state index contributed by atoms with van der Waals surface area (Å²) in [4.78, 5) is 12.5. The Morgan fingerprint density at radius 3 is 2.48 bits per heavy atom. The molecule has 0 amide bonds. The van der Waals surface area contributed by atoms with Gasteiger partial charge < -0.3 is 9.05 Å². The van der Waals surface area contributed by atoms with Gasteiger partial charge in [0.05, 0.1) is 0 Å². The van der Waals surface area contributed by atoms with E-state index in [1.165, 1.54) is 14.2 Å². The first kappa shape index (κ1) is 19.9. The smallest absolute Gasteiger partial charge is 0.312 e. The van der Waals surface area contributed by atoms with Crippen molar-refractivity contribution in [2.75, 3.05) is 20.4 Å². The molecule has 0 aliphatic heterocycles. The summed E-state index contributed by atoms with van der Waals surface area (Å²) >= 11 is 6.11. The first-order valence-corrected chi connectivity index (χ1v) is 10.2. The van der Waals surface area contributed by atoms with E-state index in [0.29, 0.717) is 10.6 Å². The van der Waals surface area contributed by atoms with E-state index in [-0.39, 0.29) is 11.9 Å². The molecule has 2 aromatic carbocycles. The van der Waals surface area contributed by atoms with E-state index < -0.39 is 7.60 Å². The van der Waals surface area contributed by atoms with E-state index in [9.17, 15) is 9.36 Å². The molecule has 0 radical (unpaired) electrons. The molecule has 2 aromatic rings. The zero-order chi connectivity index (χ0) is 18.4. The Morgan fingerprint density at radius 1 is 1.12 bits per heavy atom. The summed E-state index contributed by atoms with van der Waals surface area (Å²) in [6.07, 6.45) is 1.61. The van der Waals surface area contributed by atoms with Crippen LogP contribution in [-0.2, 0) is 20.0 Å². The lowest BCUT2D eigenvalue weighted by Crippen LogP contribution is -2.08. The normalized spacial score (nSPS) is 11.5. The van der Waals surface area contributed by atoms with Gasteiger partial charge in [0.25, 0.3) is 0 Å². The van der Waals surface area contributed by atoms with Crippen LogP contribution in [0.3, 0.4) is 0 Å². The van der Waals surface area contributed by atoms with Gasteiger partial charge in [0.15, 0.2) is 5.78 Å². The fourth-order valence-electron chi connectivity index (χ4n) is 2.65. The summed E-state index contributed by atoms with van der Waals surface area (Å²) in [6, 6.07) is 13.0. The van der Waals surface area contributed by atoms with Gasteiger partial charge in [0.1, 0.15) is 6.16 Å². The van der Waals surface area contributed by atoms with Gasteiger partial charge in [-0.25, -0.2) is 0 Å². The molecule has 0 saturated carbocycles. The van der Waals surface area contributed by atoms with E-state index in [1.54, 1.807) is 12.1 Å². The van der Waals surface area contributed by atoms with Gasteiger partial charge in [-0.05, 0) is 41.3 Å². The summed E-state index contributed by atoms with van der Waals surface area (Å²) in [5, 5.41) is 0.695. The van der Waals surface area contributed by atoms with Crippen molar-refractivity contribution in [2.24, 2.45) is 0 Å². The lowest BCUT2D eigenvalue weighted by atomic mass is 9.95. The highest BCUT2D eigenvalue weighted by atomic mass is 35.5. The lowest BCUT2D eigenvalue weighted by Gasteiger charge is -2.14. The Hall–Kier alpha value is -1.45. The Bertz CT molecular complexity index is 796. The highest BCUT2D eigenvalue weighted by Gasteiger charge is 2.26. The third kappa shape index (κ3) is 5.02. The van der Waals surface area contributed by atoms with Crippen molar-refractivity contribution in [2.45, 2.75) is 19.8 Å². The number of Topliss-reactive ketones (excluding diaryl/α,β-unsaturated/α-hetero) is 1. The van der Waals surface area contributed by atoms with E-state index in [1.807, 2.05) is 30.3 Å². The summed E-state index contributed by atoms with van der Waals surface area (Å²) in [6.45, 7) is 2.11. The second-order valence-electron chi connectivity index (χ2n) is 5.69. The van der Waals surface area contributed by atoms with E-state index in [4.69, 9.17) is 20.6 Å². The molecule has 0 N–H and O–H groups in total. The third-order valence-electron chi connectivity index (χ3n) is 3.98. The van der Waals surface area contributed by atoms with Crippen LogP contribution >= 0.6 is 19.2 Å². The second kappa shape index (κ2) is 8.77. The summed E-state index contributed by atoms with van der Waals surface area (Å²) in [5.74, 6) is -0.278. The minimum atomic E-state index is -3.38. The molecular weight excluding hydrogens is 359 g/mol. The van der Waals surface area contributed by atoms with E-state index in [0.717, 1.165) is 29.5 Å². The number of carbonyl (C=O) groups excluding carboxylic acids is 1. The zero-order valence-electron chi connectivity index (χ0n) is 14.6. The quantitative estimate of drug-likeness (QED) is 0.440. The Labute approximate surface area is 153 Å². The number of benzene rings is 2. The van der Waals surface area contributed by atoms with Gasteiger partial charge in [-0.3, -0.25) is 9.36 Å². The first-order chi connectivity index (χ1) is 11.9. The van der Waals surface area contributed by atoms with Crippen molar-refractivity contribution in [3.05, 3.63) is 58.6 Å². The van der Waals surface area contributed by atoms with Gasteiger partial charge in [0, 0.05) is 24.8 Å². The van der Waals surface area contributed by atoms with Crippen molar-refractivity contribution in [1.29, 1.82) is 0 Å². The van der Waals surface area contributed by atoms with Crippen molar-refractivity contribution in [3.63, 3.8) is 0 Å². The van der Waals surface area contributed by atoms with Crippen LogP contribution < -0.4 is 0 Å². The second-order valence-corrected chi connectivity index (χ2v) is 8.39. The molecule has 134 valence electrons. The number of aryl methyl sites for hydroxylation is 1. The molecule has 0 atom stereocenters. The molecule has 0 aliphatic rings. The number of carbonyl (C=O) groups is 1. The van der Waals surface area contributed by atoms with Gasteiger partial charge in [-0.15, -0.1) is 0 Å². The Morgan fingerprint density at radius 2 is 1.84 bits per heavy atom. The first-order valence-electron chi connectivity index (χ1n) is 8.05. The fourth-order valence-corrected chi connectivity index (χ4v) is 3.79. The Balaban J connectivity index is 2.36. The molecule has 25 heavy (non-hydrogen) atoms. The molecule has 0 aromatic heterocycles. The van der Waals surface area contributed by atoms with Gasteiger partial charge >= 0.3 is 7.60 Å². The number of hydrogen-bond acceptors (Lipinski definition) is 4. The van der Waals surface area contributed by atoms with Crippen LogP contribution in [0, 0.1) is 0 Å². The molecule has 2 rings (SSSR count). The van der Waals surface area contributed by atoms with Crippen molar-refractivity contribution >= 4 is 25.0 Å². The average molecular weight is 381 g/mol. The molecule has 4 nitrogen and oxygen atoms in total. The van der Waals surface area contributed by atoms with Crippen LogP contribution in [0.5, 0.6) is 0 Å². The van der Waals surface area contributed by atoms with Crippen LogP contribution in [0.15, 0.2) is 42.5 Å². The Kier molecular flexibility index (Phi) is 6.97. The van der Waals surface area contributed by atoms with Crippen LogP contribution in [0.25, 0.3) is 11.1 Å². The standard InChI is InChI=1S/C19H22ClO4P/c1-4-6-14-12-17(20)9-10-18(14)15-7-5-8-16(11-15)19(21)13-25(22,23-2)24-3/h5,7-12H,4,6,13H2,1-3H3. The van der Waals surface area contributed by atoms with Gasteiger partial charge in [-0.2, -0.15) is 0 Å². The molecule has 0 bridgehead atoms. The van der Waals surface area contributed by atoms with Gasteiger partial charge in [0.2, 0.25) is 0 Å². The summed E-state index contributed by atoms with van der Waals surface area (Å²) < 4.78 is 21.9. The van der Waals surface area contributed by atoms with Crippen molar-refractivity contribution < 1.29 is 18.4 Å². The predicted octanol–water partition coefficient (Wildman–Crippen LogP) is 5.63. The monoisotopic (exact) mass is 380 g/mol. The van der Waals surface area contributed by atoms with E-state index in [2.05, 4.69) is 6.92 Å². The van der Waals surface area contributed by atoms with Crippen LogP contribution in [0.1, 0.15) is 29.3 Å². The van der Waals surface area contributed by atoms with Crippen molar-refractivity contribution in [1.82, 2.24) is 0 Å². The molecule has 0 fully saturated rings. The maximum atomic E-state index is 12.5. The molecule has 0 aliphatic carbocycles. The number of rotatable bonds is 8. The summed E-state index contributed by atoms with van der Waals surface area (Å²) in [7, 11) is -0.830. The van der Waals surface area contributed by atoms with Crippen LogP contribution in [0.2, 0.25) is 5.02 Å². The highest BCUT2D eigenvalue weighted by molar-refractivity contribution is 7.54. The third-order valence-corrected chi connectivity index (χ3v) is 6.00. The molecule has 0 saturated heterocycles.